The molecule has 16 heteroatoms. The molecule has 1 heterocycles. The average molecular weight is 1130 g/mol. The number of nitrogens with two attached hydrogens (primary N) is 3. The Hall–Kier alpha value is 2.63. The van der Waals surface area contributed by atoms with Crippen molar-refractivity contribution < 1.29 is 53.0 Å². The molecule has 1 rings (SSSR count). The molecule has 0 radical (unpaired) electrons. The van der Waals surface area contributed by atoms with Gasteiger partial charge in [0.25, 0.3) is 0 Å². The molecule has 9 N–H and O–H groups in total. The Morgan fingerprint density at radius 1 is 1.19 bits per heavy atom. The standard InChI is InChI=1S/C6H13NO2.C5H9NO2.C4H9NO3.I3.I2.HI/c1-2-3-4-5(7)6(8)9;1-6-4-2-3-8-5(4)7;5-3(1-2-6)4(7)8;1-3-2;1-2;/h5H,2-4,7H2,1H3,(H,8,9);4,6H,2-3H2,1H3;3,6H,1-2,5H2,(H,7,8);;;1H/q;;;-1;;/p+1. The van der Waals surface area contributed by atoms with E-state index in [4.69, 9.17) is 26.8 Å². The summed E-state index contributed by atoms with van der Waals surface area (Å²) in [4.78, 5) is 30.5. The van der Waals surface area contributed by atoms with Crippen molar-refractivity contribution in [3.63, 3.8) is 0 Å². The van der Waals surface area contributed by atoms with Crippen molar-refractivity contribution in [2.45, 2.75) is 57.2 Å². The first kappa shape index (κ1) is 43.7. The SMILES string of the molecule is CCCCC(N)C(=O)O.C[NH2+]C1CCOC1=O.I.II.I[I-]I.NC(CCO)C(=O)O. The van der Waals surface area contributed by atoms with Gasteiger partial charge in [0.05, 0.1) is 13.7 Å². The third-order valence-corrected chi connectivity index (χ3v) is 3.32. The molecule has 0 aromatic carbocycles. The van der Waals surface area contributed by atoms with Gasteiger partial charge in [-0.2, -0.15) is 0 Å². The maximum Gasteiger partial charge on any atom is 0.320 e. The molecule has 0 bridgehead atoms. The molecule has 0 spiro atoms. The summed E-state index contributed by atoms with van der Waals surface area (Å²) in [5.74, 6) is -2.03. The van der Waals surface area contributed by atoms with Crippen molar-refractivity contribution in [2.24, 2.45) is 11.5 Å². The van der Waals surface area contributed by atoms with Crippen LogP contribution in [0.1, 0.15) is 39.0 Å². The zero-order valence-corrected chi connectivity index (χ0v) is 30.3. The molecule has 0 saturated carbocycles. The number of esters is 1. The zero-order valence-electron chi connectivity index (χ0n) is 17.2. The average Bonchev–Trinajstić information content (AvgIpc) is 3.14. The quantitative estimate of drug-likeness (QED) is 0.131. The summed E-state index contributed by atoms with van der Waals surface area (Å²) in [6.45, 7) is 2.44. The van der Waals surface area contributed by atoms with Crippen LogP contribution < -0.4 is 30.0 Å². The Labute approximate surface area is 254 Å². The number of unbranched alkanes of at least 4 members (excludes halogenated alkanes) is 1. The number of hydrogen-bond acceptors (Lipinski definition) is 7. The van der Waals surface area contributed by atoms with E-state index >= 15 is 0 Å². The Balaban J connectivity index is -0.0000000972. The Morgan fingerprint density at radius 3 is 1.81 bits per heavy atom. The van der Waals surface area contributed by atoms with Gasteiger partial charge in [0, 0.05) is 50.3 Å². The summed E-state index contributed by atoms with van der Waals surface area (Å²) in [5.41, 5.74) is 10.2. The van der Waals surface area contributed by atoms with Crippen LogP contribution >= 0.6 is 98.4 Å². The van der Waals surface area contributed by atoms with E-state index in [9.17, 15) is 14.4 Å². The number of rotatable bonds is 8. The summed E-state index contributed by atoms with van der Waals surface area (Å²) < 4.78 is 4.69. The fraction of sp³-hybridized carbons (Fsp3) is 0.800. The maximum atomic E-state index is 10.6. The first-order chi connectivity index (χ1) is 14.1. The Morgan fingerprint density at radius 2 is 1.61 bits per heavy atom. The number of aliphatic carboxylic acids is 2. The Kier molecular flexibility index (Phi) is 49.0. The van der Waals surface area contributed by atoms with Gasteiger partial charge in [-0.25, -0.2) is 4.79 Å². The van der Waals surface area contributed by atoms with Crippen molar-refractivity contribution in [1.82, 2.24) is 0 Å². The second-order valence-corrected chi connectivity index (χ2v) is 21.7. The van der Waals surface area contributed by atoms with Crippen molar-refractivity contribution in [2.75, 3.05) is 20.3 Å². The van der Waals surface area contributed by atoms with Gasteiger partial charge in [0.1, 0.15) is 12.1 Å². The van der Waals surface area contributed by atoms with Crippen molar-refractivity contribution >= 4 is 116 Å². The maximum absolute atomic E-state index is 10.6. The molecule has 1 aliphatic rings. The van der Waals surface area contributed by atoms with Crippen molar-refractivity contribution in [3.8, 4) is 0 Å². The van der Waals surface area contributed by atoms with Crippen LogP contribution in [0.3, 0.4) is 0 Å². The molecule has 1 aliphatic heterocycles. The minimum Gasteiger partial charge on any atom is -0.480 e. The molecule has 0 aromatic rings. The van der Waals surface area contributed by atoms with Crippen molar-refractivity contribution in [1.29, 1.82) is 0 Å². The normalized spacial score (nSPS) is 15.4. The smallest absolute Gasteiger partial charge is 0.320 e. The summed E-state index contributed by atoms with van der Waals surface area (Å²) >= 11 is 9.54. The summed E-state index contributed by atoms with van der Waals surface area (Å²) in [5, 5.41) is 26.4. The molecule has 1 fully saturated rings. The van der Waals surface area contributed by atoms with Gasteiger partial charge in [-0.05, 0) is 12.8 Å². The number of quaternary nitrogens is 1. The summed E-state index contributed by atoms with van der Waals surface area (Å²) in [6, 6.07) is -1.50. The van der Waals surface area contributed by atoms with Gasteiger partial charge in [-0.15, -0.1) is 24.0 Å². The van der Waals surface area contributed by atoms with Crippen LogP contribution in [-0.2, 0) is 19.1 Å². The number of aliphatic hydroxyl groups is 1. The van der Waals surface area contributed by atoms with E-state index in [2.05, 4.69) is 79.2 Å². The second-order valence-electron chi connectivity index (χ2n) is 5.49. The van der Waals surface area contributed by atoms with E-state index < -0.39 is 24.0 Å². The van der Waals surface area contributed by atoms with Gasteiger partial charge in [0.15, 0.2) is 6.04 Å². The molecule has 31 heavy (non-hydrogen) atoms. The van der Waals surface area contributed by atoms with Crippen LogP contribution in [0.15, 0.2) is 0 Å². The molecular weight excluding hydrogens is 1100 g/mol. The molecule has 10 nitrogen and oxygen atoms in total. The molecule has 1 saturated heterocycles. The van der Waals surface area contributed by atoms with Crippen molar-refractivity contribution in [3.05, 3.63) is 0 Å². The van der Waals surface area contributed by atoms with Gasteiger partial charge in [0.2, 0.25) is 0 Å². The number of hydrogen-bond donors (Lipinski definition) is 6. The summed E-state index contributed by atoms with van der Waals surface area (Å²) in [6.07, 6.45) is 3.48. The van der Waals surface area contributed by atoms with Crippen LogP contribution in [0.25, 0.3) is 0 Å². The number of carbonyl (C=O) groups excluding carboxylic acids is 1. The van der Waals surface area contributed by atoms with Crippen LogP contribution in [0.5, 0.6) is 0 Å². The molecule has 0 amide bonds. The van der Waals surface area contributed by atoms with Gasteiger partial charge in [-0.3, -0.25) is 9.59 Å². The van der Waals surface area contributed by atoms with Crippen LogP contribution in [0, 0.1) is 0 Å². The van der Waals surface area contributed by atoms with E-state index in [-0.39, 0.29) is 49.0 Å². The van der Waals surface area contributed by atoms with Gasteiger partial charge >= 0.3 is 68.4 Å². The number of carboxylic acid groups (broad SMARTS) is 2. The van der Waals surface area contributed by atoms with Crippen LogP contribution in [0.4, 0.5) is 0 Å². The fourth-order valence-corrected chi connectivity index (χ4v) is 1.62. The predicted molar refractivity (Wildman–Crippen MR) is 161 cm³/mol. The molecule has 192 valence electrons. The monoisotopic (exact) mass is 1130 g/mol. The predicted octanol–water partition coefficient (Wildman–Crippen LogP) is -0.971. The number of likely N-dealkylation sites (N-methyl/N-ethyl adjacent to an activating group) is 1. The zero-order chi connectivity index (χ0) is 24.5. The first-order valence-electron chi connectivity index (χ1n) is 8.67. The molecule has 0 aliphatic carbocycles. The molecule has 3 unspecified atom stereocenters. The molecular formula is C15H33I6N3O7. The number of carboxylic acids is 2. The fourth-order valence-electron chi connectivity index (χ4n) is 1.62. The largest absolute Gasteiger partial charge is 0.480 e. The number of cyclic esters (lactones) is 1. The molecule has 0 aromatic heterocycles. The second kappa shape index (κ2) is 34.8. The summed E-state index contributed by atoms with van der Waals surface area (Å²) in [7, 11) is 1.89. The van der Waals surface area contributed by atoms with Crippen LogP contribution in [-0.4, -0.2) is 71.6 Å². The van der Waals surface area contributed by atoms with Crippen LogP contribution in [0.2, 0.25) is 0 Å². The number of carbonyl (C=O) groups is 3. The van der Waals surface area contributed by atoms with Gasteiger partial charge in [-0.1, -0.05) is 19.8 Å². The number of halogens is 6. The van der Waals surface area contributed by atoms with E-state index in [1.54, 1.807) is 0 Å². The van der Waals surface area contributed by atoms with E-state index in [0.717, 1.165) is 19.3 Å². The Bertz CT molecular complexity index is 429. The number of ether oxygens (including phenoxy) is 1. The third-order valence-electron chi connectivity index (χ3n) is 3.32. The minimum absolute atomic E-state index is 0. The van der Waals surface area contributed by atoms with E-state index in [1.807, 2.05) is 19.3 Å². The third kappa shape index (κ3) is 34.9. The topological polar surface area (TPSA) is 190 Å². The van der Waals surface area contributed by atoms with E-state index in [0.29, 0.717) is 26.3 Å². The minimum atomic E-state index is -1.07. The first-order valence-corrected chi connectivity index (χ1v) is 27.5. The van der Waals surface area contributed by atoms with Gasteiger partial charge < -0.3 is 36.8 Å². The number of aliphatic hydroxyl groups excluding tert-OH is 1. The van der Waals surface area contributed by atoms with E-state index in [1.165, 1.54) is 0 Å². The molecule has 3 atom stereocenters.